The SMILES string of the molecule is CC(C)(C)COC(=O)N1CC2CCN(Cc3c(-c4ccc(Cl)cc4)nc4ncccn34)CC1C2. The van der Waals surface area contributed by atoms with Crippen molar-refractivity contribution in [3.63, 3.8) is 0 Å². The number of carbonyl (C=O) groups excluding carboxylic acids is 1. The minimum absolute atomic E-state index is 0.0391. The number of halogens is 1. The van der Waals surface area contributed by atoms with E-state index in [0.29, 0.717) is 23.3 Å². The molecule has 5 rings (SSSR count). The number of likely N-dealkylation sites (tertiary alicyclic amines) is 2. The van der Waals surface area contributed by atoms with Gasteiger partial charge >= 0.3 is 6.09 Å². The quantitative estimate of drug-likeness (QED) is 0.517. The first-order valence-electron chi connectivity index (χ1n) is 12.0. The molecule has 0 saturated carbocycles. The summed E-state index contributed by atoms with van der Waals surface area (Å²) in [6, 6.07) is 9.90. The Morgan fingerprint density at radius 3 is 2.76 bits per heavy atom. The molecule has 1 aromatic carbocycles. The minimum atomic E-state index is -0.176. The molecule has 34 heavy (non-hydrogen) atoms. The van der Waals surface area contributed by atoms with Gasteiger partial charge in [0.25, 0.3) is 0 Å². The summed E-state index contributed by atoms with van der Waals surface area (Å²) in [6.45, 7) is 10.0. The van der Waals surface area contributed by atoms with Gasteiger partial charge in [-0.2, -0.15) is 0 Å². The van der Waals surface area contributed by atoms with Gasteiger partial charge in [0, 0.05) is 48.7 Å². The lowest BCUT2D eigenvalue weighted by Crippen LogP contribution is -2.45. The van der Waals surface area contributed by atoms with Crippen molar-refractivity contribution in [2.24, 2.45) is 11.3 Å². The molecule has 2 aliphatic rings. The zero-order valence-corrected chi connectivity index (χ0v) is 20.8. The number of ether oxygens (including phenoxy) is 1. The Labute approximate surface area is 205 Å². The Hall–Kier alpha value is -2.64. The van der Waals surface area contributed by atoms with E-state index < -0.39 is 0 Å². The predicted molar refractivity (Wildman–Crippen MR) is 133 cm³/mol. The molecule has 2 atom stereocenters. The van der Waals surface area contributed by atoms with Crippen molar-refractivity contribution in [3.8, 4) is 11.3 Å². The molecule has 7 nitrogen and oxygen atoms in total. The average molecular weight is 482 g/mol. The second-order valence-electron chi connectivity index (χ2n) is 10.8. The molecule has 0 radical (unpaired) electrons. The fraction of sp³-hybridized carbons (Fsp3) is 0.500. The molecule has 0 spiro atoms. The summed E-state index contributed by atoms with van der Waals surface area (Å²) < 4.78 is 7.73. The van der Waals surface area contributed by atoms with Gasteiger partial charge in [0.05, 0.1) is 18.0 Å². The lowest BCUT2D eigenvalue weighted by Gasteiger charge is -2.32. The number of rotatable bonds is 4. The third-order valence-electron chi connectivity index (χ3n) is 6.68. The lowest BCUT2D eigenvalue weighted by molar-refractivity contribution is 0.0600. The van der Waals surface area contributed by atoms with Gasteiger partial charge in [-0.15, -0.1) is 0 Å². The van der Waals surface area contributed by atoms with Crippen LogP contribution in [-0.4, -0.2) is 62.5 Å². The molecule has 2 unspecified atom stereocenters. The third-order valence-corrected chi connectivity index (χ3v) is 6.93. The van der Waals surface area contributed by atoms with Crippen LogP contribution in [0.5, 0.6) is 0 Å². The van der Waals surface area contributed by atoms with Crippen LogP contribution in [0.4, 0.5) is 4.79 Å². The van der Waals surface area contributed by atoms with Crippen LogP contribution in [0.1, 0.15) is 39.3 Å². The van der Waals surface area contributed by atoms with E-state index in [0.717, 1.165) is 56.0 Å². The van der Waals surface area contributed by atoms with Gasteiger partial charge in [-0.25, -0.2) is 14.8 Å². The molecule has 0 aliphatic carbocycles. The first-order chi connectivity index (χ1) is 16.3. The Morgan fingerprint density at radius 1 is 1.21 bits per heavy atom. The first kappa shape index (κ1) is 23.1. The number of carbonyl (C=O) groups is 1. The highest BCUT2D eigenvalue weighted by atomic mass is 35.5. The molecule has 2 aromatic heterocycles. The molecular formula is C26H32ClN5O2. The molecule has 8 heteroatoms. The number of imidazole rings is 1. The van der Waals surface area contributed by atoms with E-state index in [-0.39, 0.29) is 17.6 Å². The lowest BCUT2D eigenvalue weighted by atomic mass is 9.99. The van der Waals surface area contributed by atoms with Crippen LogP contribution in [0.3, 0.4) is 0 Å². The maximum atomic E-state index is 12.9. The molecule has 1 amide bonds. The second kappa shape index (κ2) is 9.19. The van der Waals surface area contributed by atoms with Crippen molar-refractivity contribution in [2.45, 2.75) is 46.2 Å². The topological polar surface area (TPSA) is 63.0 Å². The van der Waals surface area contributed by atoms with Gasteiger partial charge < -0.3 is 9.64 Å². The molecule has 180 valence electrons. The maximum absolute atomic E-state index is 12.9. The Morgan fingerprint density at radius 2 is 2.00 bits per heavy atom. The van der Waals surface area contributed by atoms with Crippen LogP contribution >= 0.6 is 11.6 Å². The van der Waals surface area contributed by atoms with Gasteiger partial charge in [0.1, 0.15) is 0 Å². The summed E-state index contributed by atoms with van der Waals surface area (Å²) >= 11 is 6.13. The molecular weight excluding hydrogens is 450 g/mol. The van der Waals surface area contributed by atoms with Gasteiger partial charge in [0.2, 0.25) is 5.78 Å². The van der Waals surface area contributed by atoms with Crippen molar-refractivity contribution in [1.82, 2.24) is 24.2 Å². The molecule has 2 fully saturated rings. The van der Waals surface area contributed by atoms with Crippen molar-refractivity contribution < 1.29 is 9.53 Å². The fourth-order valence-electron chi connectivity index (χ4n) is 5.02. The Balaban J connectivity index is 1.38. The van der Waals surface area contributed by atoms with E-state index in [1.165, 1.54) is 0 Å². The van der Waals surface area contributed by atoms with E-state index >= 15 is 0 Å². The number of nitrogens with zero attached hydrogens (tertiary/aromatic N) is 5. The van der Waals surface area contributed by atoms with Crippen molar-refractivity contribution in [2.75, 3.05) is 26.2 Å². The number of fused-ring (bicyclic) bond motifs is 3. The summed E-state index contributed by atoms with van der Waals surface area (Å²) in [4.78, 5) is 26.6. The molecule has 2 aliphatic heterocycles. The summed E-state index contributed by atoms with van der Waals surface area (Å²) in [7, 11) is 0. The number of benzene rings is 1. The Kier molecular flexibility index (Phi) is 6.25. The summed E-state index contributed by atoms with van der Waals surface area (Å²) in [5.74, 6) is 1.21. The first-order valence-corrected chi connectivity index (χ1v) is 12.4. The number of amides is 1. The fourth-order valence-corrected chi connectivity index (χ4v) is 5.14. The van der Waals surface area contributed by atoms with Gasteiger partial charge in [-0.05, 0) is 48.9 Å². The maximum Gasteiger partial charge on any atom is 0.410 e. The van der Waals surface area contributed by atoms with Gasteiger partial charge in [0.15, 0.2) is 0 Å². The van der Waals surface area contributed by atoms with Crippen LogP contribution in [0.25, 0.3) is 17.0 Å². The highest BCUT2D eigenvalue weighted by Gasteiger charge is 2.39. The highest BCUT2D eigenvalue weighted by molar-refractivity contribution is 6.30. The normalized spacial score (nSPS) is 21.1. The summed E-state index contributed by atoms with van der Waals surface area (Å²) in [5, 5.41) is 0.703. The smallest absolute Gasteiger partial charge is 0.410 e. The standard InChI is InChI=1S/C26H32ClN5O2/c1-26(2,3)17-34-25(33)32-14-18-9-12-30(15-21(32)13-18)16-22-23(19-5-7-20(27)8-6-19)29-24-28-10-4-11-31(22)24/h4-8,10-11,18,21H,9,12-17H2,1-3H3. The van der Waals surface area contributed by atoms with Crippen LogP contribution in [0, 0.1) is 11.3 Å². The van der Waals surface area contributed by atoms with Crippen LogP contribution in [0.15, 0.2) is 42.7 Å². The van der Waals surface area contributed by atoms with Gasteiger partial charge in [-0.3, -0.25) is 9.30 Å². The predicted octanol–water partition coefficient (Wildman–Crippen LogP) is 5.13. The van der Waals surface area contributed by atoms with E-state index in [4.69, 9.17) is 21.3 Å². The van der Waals surface area contributed by atoms with Gasteiger partial charge in [-0.1, -0.05) is 44.5 Å². The second-order valence-corrected chi connectivity index (χ2v) is 11.2. The van der Waals surface area contributed by atoms with Crippen molar-refractivity contribution in [3.05, 3.63) is 53.4 Å². The van der Waals surface area contributed by atoms with Crippen molar-refractivity contribution >= 4 is 23.5 Å². The van der Waals surface area contributed by atoms with Crippen molar-refractivity contribution in [1.29, 1.82) is 0 Å². The molecule has 2 bridgehead atoms. The van der Waals surface area contributed by atoms with E-state index in [1.807, 2.05) is 41.4 Å². The van der Waals surface area contributed by atoms with Crippen LogP contribution < -0.4 is 0 Å². The average Bonchev–Trinajstić information content (AvgIpc) is 3.30. The summed E-state index contributed by atoms with van der Waals surface area (Å²) in [6.07, 6.45) is 5.73. The summed E-state index contributed by atoms with van der Waals surface area (Å²) in [5.41, 5.74) is 3.01. The number of hydrogen-bond donors (Lipinski definition) is 0. The number of hydrogen-bond acceptors (Lipinski definition) is 5. The molecule has 2 saturated heterocycles. The number of aromatic nitrogens is 3. The largest absolute Gasteiger partial charge is 0.449 e. The molecule has 3 aromatic rings. The Bertz CT molecular complexity index is 1170. The van der Waals surface area contributed by atoms with Crippen LogP contribution in [-0.2, 0) is 11.3 Å². The van der Waals surface area contributed by atoms with Crippen LogP contribution in [0.2, 0.25) is 5.02 Å². The highest BCUT2D eigenvalue weighted by Crippen LogP contribution is 2.33. The third kappa shape index (κ3) is 4.91. The zero-order valence-electron chi connectivity index (χ0n) is 20.1. The molecule has 4 heterocycles. The zero-order chi connectivity index (χ0) is 23.9. The monoisotopic (exact) mass is 481 g/mol. The molecule has 0 N–H and O–H groups in total. The minimum Gasteiger partial charge on any atom is -0.449 e. The van der Waals surface area contributed by atoms with E-state index in [9.17, 15) is 4.79 Å². The van der Waals surface area contributed by atoms with E-state index in [1.54, 1.807) is 6.20 Å². The van der Waals surface area contributed by atoms with E-state index in [2.05, 4.69) is 35.1 Å².